The van der Waals surface area contributed by atoms with Crippen LogP contribution in [0.1, 0.15) is 42.9 Å². The van der Waals surface area contributed by atoms with Gasteiger partial charge in [0.05, 0.1) is 43.3 Å². The Kier molecular flexibility index (Phi) is 7.70. The van der Waals surface area contributed by atoms with Gasteiger partial charge < -0.3 is 14.6 Å². The summed E-state index contributed by atoms with van der Waals surface area (Å²) in [5.41, 5.74) is 0.722. The summed E-state index contributed by atoms with van der Waals surface area (Å²) in [6.45, 7) is 6.46. The summed E-state index contributed by atoms with van der Waals surface area (Å²) in [6, 6.07) is 10.3. The number of aliphatic hydroxyl groups excluding tert-OH is 1. The number of hydrogen-bond acceptors (Lipinski definition) is 9. The molecule has 0 aliphatic carbocycles. The highest BCUT2D eigenvalue weighted by Crippen LogP contribution is 2.43. The normalized spacial score (nSPS) is 28.8. The molecule has 4 aliphatic heterocycles. The van der Waals surface area contributed by atoms with Crippen molar-refractivity contribution in [3.8, 4) is 0 Å². The van der Waals surface area contributed by atoms with Gasteiger partial charge in [-0.25, -0.2) is 9.48 Å². The summed E-state index contributed by atoms with van der Waals surface area (Å²) in [4.78, 5) is 32.6. The number of hydrogen-bond donors (Lipinski definition) is 2. The molecule has 8 rings (SSSR count). The maximum atomic E-state index is 13.8. The van der Waals surface area contributed by atoms with E-state index in [1.165, 1.54) is 0 Å². The summed E-state index contributed by atoms with van der Waals surface area (Å²) in [6.07, 6.45) is 5.89. The summed E-state index contributed by atoms with van der Waals surface area (Å²) < 4.78 is 28.9. The number of piperidine rings is 3. The monoisotopic (exact) mass is 603 g/mol. The Balaban J connectivity index is 1.07. The molecule has 0 saturated carbocycles. The Morgan fingerprint density at radius 3 is 2.91 bits per heavy atom. The number of aromatic amines is 1. The molecule has 4 saturated heterocycles. The van der Waals surface area contributed by atoms with Gasteiger partial charge in [-0.05, 0) is 48.9 Å². The topological polar surface area (TPSA) is 140 Å². The van der Waals surface area contributed by atoms with E-state index >= 15 is 0 Å². The number of aromatic nitrogens is 6. The van der Waals surface area contributed by atoms with Gasteiger partial charge in [0.1, 0.15) is 18.0 Å². The number of benzene rings is 1. The van der Waals surface area contributed by atoms with E-state index < -0.39 is 35.5 Å². The van der Waals surface area contributed by atoms with E-state index in [1.807, 2.05) is 35.4 Å². The number of para-hydroxylation sites is 1. The van der Waals surface area contributed by atoms with Crippen molar-refractivity contribution >= 4 is 10.9 Å². The van der Waals surface area contributed by atoms with Crippen molar-refractivity contribution < 1.29 is 19.0 Å². The zero-order valence-corrected chi connectivity index (χ0v) is 24.0. The molecule has 44 heavy (non-hydrogen) atoms. The molecule has 12 nitrogen and oxygen atoms in total. The second-order valence-electron chi connectivity index (χ2n) is 11.9. The predicted octanol–water partition coefficient (Wildman–Crippen LogP) is 2.32. The van der Waals surface area contributed by atoms with Crippen LogP contribution in [0, 0.1) is 17.7 Å². The molecule has 13 heteroatoms. The van der Waals surface area contributed by atoms with Gasteiger partial charge in [-0.15, -0.1) is 11.7 Å². The van der Waals surface area contributed by atoms with Gasteiger partial charge >= 0.3 is 5.69 Å². The third-order valence-electron chi connectivity index (χ3n) is 9.30. The third kappa shape index (κ3) is 5.40. The molecule has 0 amide bonds. The molecule has 0 radical (unpaired) electrons. The quantitative estimate of drug-likeness (QED) is 0.276. The number of nitrogens with one attached hydrogen (secondary N) is 1. The standard InChI is InChI=1S/C31H34FN7O5/c1-2-18-13-37-10-8-19(18)11-25(37)29(22-7-9-33-24-6-4-3-5-21(22)24)43-17-20-14-38(36-35-20)16-27-26(40)12-28(44-27)39-15-23(32)30(41)34-31(39)42/h2-7,9,14-15,18-19,25-29,40H,1,8,10-13,16-17H2,(H,34,41,42)/t18?,19?,25?,26?,27?,28?,29-/m1/s1. The minimum atomic E-state index is -1.11. The van der Waals surface area contributed by atoms with Crippen molar-refractivity contribution in [2.45, 2.75) is 63.0 Å². The first-order chi connectivity index (χ1) is 21.4. The molecule has 4 aromatic rings. The number of nitrogens with zero attached hydrogens (tertiary/aromatic N) is 6. The van der Waals surface area contributed by atoms with E-state index in [2.05, 4.69) is 38.9 Å². The SMILES string of the molecule is C=CC1CN2CCC1CC2[C@H](OCc1cn(CC2OC(n3cc(F)c(=O)[nH]c3=O)CC2O)nn1)c1ccnc2ccccc12. The Hall–Kier alpha value is -4.04. The van der Waals surface area contributed by atoms with E-state index in [4.69, 9.17) is 9.47 Å². The molecule has 2 N–H and O–H groups in total. The number of fused-ring (bicyclic) bond motifs is 4. The van der Waals surface area contributed by atoms with Crippen LogP contribution in [0.2, 0.25) is 0 Å². The lowest BCUT2D eigenvalue weighted by molar-refractivity contribution is -0.0809. The first kappa shape index (κ1) is 28.7. The molecule has 230 valence electrons. The first-order valence-corrected chi connectivity index (χ1v) is 14.9. The van der Waals surface area contributed by atoms with Gasteiger partial charge in [0.2, 0.25) is 5.82 Å². The first-order valence-electron chi connectivity index (χ1n) is 14.9. The highest BCUT2D eigenvalue weighted by molar-refractivity contribution is 5.82. The largest absolute Gasteiger partial charge is 0.390 e. The molecular formula is C31H34FN7O5. The third-order valence-corrected chi connectivity index (χ3v) is 9.30. The molecule has 3 aromatic heterocycles. The Bertz CT molecular complexity index is 1780. The summed E-state index contributed by atoms with van der Waals surface area (Å²) in [5, 5.41) is 20.2. The number of H-pyrrole nitrogens is 1. The number of pyridine rings is 1. The van der Waals surface area contributed by atoms with Crippen molar-refractivity contribution in [2.75, 3.05) is 13.1 Å². The highest BCUT2D eigenvalue weighted by Gasteiger charge is 2.43. The predicted molar refractivity (Wildman–Crippen MR) is 157 cm³/mol. The Morgan fingerprint density at radius 2 is 2.09 bits per heavy atom. The van der Waals surface area contributed by atoms with Crippen LogP contribution in [0.25, 0.3) is 10.9 Å². The lowest BCUT2D eigenvalue weighted by atomic mass is 9.73. The van der Waals surface area contributed by atoms with Gasteiger partial charge in [-0.1, -0.05) is 29.5 Å². The molecule has 1 aromatic carbocycles. The van der Waals surface area contributed by atoms with Crippen LogP contribution in [-0.2, 0) is 22.6 Å². The lowest BCUT2D eigenvalue weighted by Crippen LogP contribution is -2.55. The number of aliphatic hydroxyl groups is 1. The van der Waals surface area contributed by atoms with Crippen LogP contribution in [0.5, 0.6) is 0 Å². The Labute approximate surface area is 251 Å². The second kappa shape index (κ2) is 11.8. The average molecular weight is 604 g/mol. The number of halogens is 1. The lowest BCUT2D eigenvalue weighted by Gasteiger charge is -2.51. The van der Waals surface area contributed by atoms with Crippen LogP contribution < -0.4 is 11.2 Å². The van der Waals surface area contributed by atoms with E-state index in [0.717, 1.165) is 53.2 Å². The van der Waals surface area contributed by atoms with Crippen molar-refractivity contribution in [2.24, 2.45) is 11.8 Å². The fourth-order valence-corrected chi connectivity index (χ4v) is 7.04. The van der Waals surface area contributed by atoms with Crippen molar-refractivity contribution in [3.05, 3.63) is 99.5 Å². The van der Waals surface area contributed by atoms with E-state index in [0.29, 0.717) is 17.5 Å². The summed E-state index contributed by atoms with van der Waals surface area (Å²) in [5.74, 6) is -0.0412. The van der Waals surface area contributed by atoms with Crippen molar-refractivity contribution in [3.63, 3.8) is 0 Å². The minimum absolute atomic E-state index is 0.0495. The minimum Gasteiger partial charge on any atom is -0.390 e. The Morgan fingerprint density at radius 1 is 1.23 bits per heavy atom. The van der Waals surface area contributed by atoms with E-state index in [9.17, 15) is 19.1 Å². The highest BCUT2D eigenvalue weighted by atomic mass is 19.1. The molecule has 4 fully saturated rings. The zero-order chi connectivity index (χ0) is 30.4. The van der Waals surface area contributed by atoms with Gasteiger partial charge in [-0.3, -0.25) is 24.2 Å². The summed E-state index contributed by atoms with van der Waals surface area (Å²) in [7, 11) is 0. The van der Waals surface area contributed by atoms with E-state index in [-0.39, 0.29) is 31.7 Å². The molecule has 0 spiro atoms. The molecular weight excluding hydrogens is 569 g/mol. The van der Waals surface area contributed by atoms with Gasteiger partial charge in [0, 0.05) is 30.6 Å². The van der Waals surface area contributed by atoms with Gasteiger partial charge in [0.15, 0.2) is 0 Å². The molecule has 2 bridgehead atoms. The van der Waals surface area contributed by atoms with E-state index in [1.54, 1.807) is 10.9 Å². The summed E-state index contributed by atoms with van der Waals surface area (Å²) >= 11 is 0. The van der Waals surface area contributed by atoms with Crippen LogP contribution in [0.3, 0.4) is 0 Å². The maximum absolute atomic E-state index is 13.8. The van der Waals surface area contributed by atoms with Gasteiger partial charge in [0.25, 0.3) is 5.56 Å². The number of ether oxygens (including phenoxy) is 2. The van der Waals surface area contributed by atoms with Crippen molar-refractivity contribution in [1.82, 2.24) is 34.4 Å². The van der Waals surface area contributed by atoms with Crippen LogP contribution in [0.4, 0.5) is 4.39 Å². The van der Waals surface area contributed by atoms with Crippen LogP contribution in [-0.4, -0.2) is 70.9 Å². The van der Waals surface area contributed by atoms with Crippen LogP contribution in [0.15, 0.2) is 71.2 Å². The van der Waals surface area contributed by atoms with Crippen molar-refractivity contribution in [1.29, 1.82) is 0 Å². The maximum Gasteiger partial charge on any atom is 0.330 e. The van der Waals surface area contributed by atoms with Gasteiger partial charge in [-0.2, -0.15) is 4.39 Å². The fourth-order valence-electron chi connectivity index (χ4n) is 7.04. The molecule has 8 atom stereocenters. The number of rotatable bonds is 9. The zero-order valence-electron chi connectivity index (χ0n) is 24.0. The van der Waals surface area contributed by atoms with Crippen LogP contribution >= 0.6 is 0 Å². The smallest absolute Gasteiger partial charge is 0.330 e. The molecule has 7 heterocycles. The molecule has 7 unspecified atom stereocenters. The second-order valence-corrected chi connectivity index (χ2v) is 11.9. The molecule has 4 aliphatic rings. The fraction of sp³-hybridized carbons (Fsp3) is 0.452. The average Bonchev–Trinajstić information content (AvgIpc) is 3.65.